The van der Waals surface area contributed by atoms with Gasteiger partial charge in [0, 0.05) is 13.1 Å². The molecule has 0 radical (unpaired) electrons. The second kappa shape index (κ2) is 5.01. The van der Waals surface area contributed by atoms with Gasteiger partial charge in [-0.15, -0.1) is 0 Å². The van der Waals surface area contributed by atoms with E-state index in [-0.39, 0.29) is 0 Å². The summed E-state index contributed by atoms with van der Waals surface area (Å²) in [5.74, 6) is 1.02. The van der Waals surface area contributed by atoms with Crippen LogP contribution in [-0.4, -0.2) is 33.8 Å². The summed E-state index contributed by atoms with van der Waals surface area (Å²) in [5.41, 5.74) is 6.76. The summed E-state index contributed by atoms with van der Waals surface area (Å²) in [4.78, 5) is 10.9. The first-order valence-corrected chi connectivity index (χ1v) is 6.40. The zero-order valence-electron chi connectivity index (χ0n) is 11.6. The van der Waals surface area contributed by atoms with Crippen LogP contribution in [0.3, 0.4) is 0 Å². The number of aliphatic hydroxyl groups is 1. The lowest BCUT2D eigenvalue weighted by Gasteiger charge is -2.29. The predicted octanol–water partition coefficient (Wildman–Crippen LogP) is 1.81. The minimum atomic E-state index is -0.810. The summed E-state index contributed by atoms with van der Waals surface area (Å²) >= 11 is 0. The van der Waals surface area contributed by atoms with Gasteiger partial charge in [0.25, 0.3) is 0 Å². The van der Waals surface area contributed by atoms with Crippen LogP contribution in [0.25, 0.3) is 11.0 Å². The SMILES string of the molecule is CCN(CC(C)(C)O)c1nc2ccccc2nc1N. The Morgan fingerprint density at radius 2 is 1.79 bits per heavy atom. The van der Waals surface area contributed by atoms with Crippen LogP contribution in [0, 0.1) is 0 Å². The van der Waals surface area contributed by atoms with Crippen LogP contribution in [0.2, 0.25) is 0 Å². The van der Waals surface area contributed by atoms with Crippen molar-refractivity contribution in [2.24, 2.45) is 0 Å². The third kappa shape index (κ3) is 3.12. The predicted molar refractivity (Wildman–Crippen MR) is 78.1 cm³/mol. The molecule has 2 aromatic rings. The maximum atomic E-state index is 9.95. The van der Waals surface area contributed by atoms with Crippen LogP contribution >= 0.6 is 0 Å². The van der Waals surface area contributed by atoms with Gasteiger partial charge in [-0.2, -0.15) is 0 Å². The van der Waals surface area contributed by atoms with Crippen molar-refractivity contribution >= 4 is 22.7 Å². The third-order valence-corrected chi connectivity index (χ3v) is 2.84. The quantitative estimate of drug-likeness (QED) is 0.877. The zero-order valence-corrected chi connectivity index (χ0v) is 11.6. The molecule has 0 saturated carbocycles. The molecular formula is C14H20N4O. The summed E-state index contributed by atoms with van der Waals surface area (Å²) in [7, 11) is 0. The second-order valence-corrected chi connectivity index (χ2v) is 5.25. The number of fused-ring (bicyclic) bond motifs is 1. The van der Waals surface area contributed by atoms with Crippen LogP contribution in [0.15, 0.2) is 24.3 Å². The molecule has 5 heteroatoms. The van der Waals surface area contributed by atoms with Gasteiger partial charge in [0.1, 0.15) is 0 Å². The van der Waals surface area contributed by atoms with E-state index in [0.29, 0.717) is 24.7 Å². The fraction of sp³-hybridized carbons (Fsp3) is 0.429. The van der Waals surface area contributed by atoms with E-state index in [4.69, 9.17) is 5.73 Å². The first-order chi connectivity index (χ1) is 8.90. The molecule has 0 unspecified atom stereocenters. The number of nitrogens with two attached hydrogens (primary N) is 1. The maximum absolute atomic E-state index is 9.95. The van der Waals surface area contributed by atoms with Gasteiger partial charge in [-0.25, -0.2) is 9.97 Å². The molecule has 1 heterocycles. The van der Waals surface area contributed by atoms with E-state index in [1.165, 1.54) is 0 Å². The fourth-order valence-electron chi connectivity index (χ4n) is 2.04. The maximum Gasteiger partial charge on any atom is 0.172 e. The van der Waals surface area contributed by atoms with E-state index in [0.717, 1.165) is 11.0 Å². The molecule has 0 aliphatic carbocycles. The minimum absolute atomic E-state index is 0.393. The number of para-hydroxylation sites is 2. The van der Waals surface area contributed by atoms with E-state index in [2.05, 4.69) is 9.97 Å². The van der Waals surface area contributed by atoms with E-state index >= 15 is 0 Å². The number of aromatic nitrogens is 2. The van der Waals surface area contributed by atoms with E-state index in [1.54, 1.807) is 13.8 Å². The van der Waals surface area contributed by atoms with Crippen molar-refractivity contribution in [3.8, 4) is 0 Å². The average molecular weight is 260 g/mol. The molecule has 0 fully saturated rings. The van der Waals surface area contributed by atoms with Gasteiger partial charge in [0.2, 0.25) is 0 Å². The molecule has 0 spiro atoms. The molecule has 3 N–H and O–H groups in total. The smallest absolute Gasteiger partial charge is 0.172 e. The van der Waals surface area contributed by atoms with Gasteiger partial charge < -0.3 is 15.7 Å². The van der Waals surface area contributed by atoms with Gasteiger partial charge in [-0.05, 0) is 32.9 Å². The Labute approximate surface area is 113 Å². The van der Waals surface area contributed by atoms with Gasteiger partial charge >= 0.3 is 0 Å². The molecule has 19 heavy (non-hydrogen) atoms. The minimum Gasteiger partial charge on any atom is -0.389 e. The number of likely N-dealkylation sites (N-methyl/N-ethyl adjacent to an activating group) is 1. The van der Waals surface area contributed by atoms with E-state index < -0.39 is 5.60 Å². The van der Waals surface area contributed by atoms with Crippen molar-refractivity contribution in [1.82, 2.24) is 9.97 Å². The van der Waals surface area contributed by atoms with Crippen LogP contribution in [0.1, 0.15) is 20.8 Å². The molecule has 1 aromatic carbocycles. The second-order valence-electron chi connectivity index (χ2n) is 5.25. The van der Waals surface area contributed by atoms with Crippen molar-refractivity contribution in [3.05, 3.63) is 24.3 Å². The molecule has 5 nitrogen and oxygen atoms in total. The molecule has 0 aliphatic heterocycles. The lowest BCUT2D eigenvalue weighted by atomic mass is 10.1. The van der Waals surface area contributed by atoms with Gasteiger partial charge in [0.05, 0.1) is 16.6 Å². The summed E-state index contributed by atoms with van der Waals surface area (Å²) in [6.07, 6.45) is 0. The molecule has 2 rings (SSSR count). The number of nitrogen functional groups attached to an aromatic ring is 1. The lowest BCUT2D eigenvalue weighted by molar-refractivity contribution is 0.0874. The zero-order chi connectivity index (χ0) is 14.0. The molecule has 0 atom stereocenters. The molecule has 0 aliphatic rings. The Morgan fingerprint density at radius 3 is 2.32 bits per heavy atom. The lowest BCUT2D eigenvalue weighted by Crippen LogP contribution is -2.39. The summed E-state index contributed by atoms with van der Waals surface area (Å²) in [6, 6.07) is 7.62. The standard InChI is InChI=1S/C14H20N4O/c1-4-18(9-14(2,3)19)13-12(15)16-10-7-5-6-8-11(10)17-13/h5-8,19H,4,9H2,1-3H3,(H2,15,16). The Balaban J connectivity index is 2.45. The van der Waals surface area contributed by atoms with Crippen molar-refractivity contribution in [2.75, 3.05) is 23.7 Å². The van der Waals surface area contributed by atoms with Gasteiger partial charge in [-0.1, -0.05) is 12.1 Å². The Hall–Kier alpha value is -1.88. The number of nitrogens with zero attached hydrogens (tertiary/aromatic N) is 3. The highest BCUT2D eigenvalue weighted by atomic mass is 16.3. The monoisotopic (exact) mass is 260 g/mol. The highest BCUT2D eigenvalue weighted by Crippen LogP contribution is 2.23. The number of hydrogen-bond donors (Lipinski definition) is 2. The number of rotatable bonds is 4. The average Bonchev–Trinajstić information content (AvgIpc) is 2.34. The molecule has 102 valence electrons. The summed E-state index contributed by atoms with van der Waals surface area (Å²) in [6.45, 7) is 6.70. The Kier molecular flexibility index (Phi) is 3.57. The largest absolute Gasteiger partial charge is 0.389 e. The fourth-order valence-corrected chi connectivity index (χ4v) is 2.04. The van der Waals surface area contributed by atoms with Crippen LogP contribution in [0.5, 0.6) is 0 Å². The van der Waals surface area contributed by atoms with Crippen molar-refractivity contribution in [2.45, 2.75) is 26.4 Å². The van der Waals surface area contributed by atoms with Gasteiger partial charge in [-0.3, -0.25) is 0 Å². The molecular weight excluding hydrogens is 240 g/mol. The highest BCUT2D eigenvalue weighted by molar-refractivity contribution is 5.79. The van der Waals surface area contributed by atoms with Gasteiger partial charge in [0.15, 0.2) is 11.6 Å². The van der Waals surface area contributed by atoms with Crippen molar-refractivity contribution in [3.63, 3.8) is 0 Å². The van der Waals surface area contributed by atoms with Crippen LogP contribution < -0.4 is 10.6 Å². The molecule has 0 amide bonds. The first kappa shape index (κ1) is 13.5. The normalized spacial score (nSPS) is 11.8. The Morgan fingerprint density at radius 1 is 1.21 bits per heavy atom. The highest BCUT2D eigenvalue weighted by Gasteiger charge is 2.20. The number of anilines is 2. The first-order valence-electron chi connectivity index (χ1n) is 6.40. The topological polar surface area (TPSA) is 75.3 Å². The van der Waals surface area contributed by atoms with Crippen LogP contribution in [-0.2, 0) is 0 Å². The third-order valence-electron chi connectivity index (χ3n) is 2.84. The van der Waals surface area contributed by atoms with Crippen molar-refractivity contribution in [1.29, 1.82) is 0 Å². The number of benzene rings is 1. The van der Waals surface area contributed by atoms with Crippen LogP contribution in [0.4, 0.5) is 11.6 Å². The van der Waals surface area contributed by atoms with E-state index in [1.807, 2.05) is 36.1 Å². The molecule has 0 bridgehead atoms. The Bertz CT molecular complexity index is 577. The summed E-state index contributed by atoms with van der Waals surface area (Å²) < 4.78 is 0. The molecule has 1 aromatic heterocycles. The number of hydrogen-bond acceptors (Lipinski definition) is 5. The van der Waals surface area contributed by atoms with E-state index in [9.17, 15) is 5.11 Å². The molecule has 0 saturated heterocycles. The summed E-state index contributed by atoms with van der Waals surface area (Å²) in [5, 5.41) is 9.95. The van der Waals surface area contributed by atoms with Crippen molar-refractivity contribution < 1.29 is 5.11 Å².